The van der Waals surface area contributed by atoms with Crippen molar-refractivity contribution in [1.82, 2.24) is 9.80 Å². The van der Waals surface area contributed by atoms with Gasteiger partial charge in [-0.05, 0) is 42.7 Å². The summed E-state index contributed by atoms with van der Waals surface area (Å²) in [5.74, 6) is -0.214. The van der Waals surface area contributed by atoms with Gasteiger partial charge in [0.15, 0.2) is 0 Å². The van der Waals surface area contributed by atoms with E-state index in [9.17, 15) is 14.4 Å². The van der Waals surface area contributed by atoms with Gasteiger partial charge in [0.1, 0.15) is 5.75 Å². The number of hydrogen-bond donors (Lipinski definition) is 0. The van der Waals surface area contributed by atoms with E-state index in [0.717, 1.165) is 25.7 Å². The van der Waals surface area contributed by atoms with Crippen LogP contribution in [0.4, 0.5) is 0 Å². The standard InChI is InChI=1S/C24H26N2O4/c1-25(17-8-4-3-5-9-17)22(27)20-14-16(12-13-21(20)30-2)15-26-23(28)18-10-6-7-11-19(18)24(26)29/h6-7,10-14,17H,3-5,8-9,15H2,1-2H3. The molecule has 1 aliphatic heterocycles. The smallest absolute Gasteiger partial charge is 0.261 e. The van der Waals surface area contributed by atoms with Crippen LogP contribution in [0, 0.1) is 0 Å². The van der Waals surface area contributed by atoms with Crippen molar-refractivity contribution in [2.24, 2.45) is 0 Å². The van der Waals surface area contributed by atoms with Crippen LogP contribution in [-0.4, -0.2) is 47.7 Å². The molecule has 30 heavy (non-hydrogen) atoms. The summed E-state index contributed by atoms with van der Waals surface area (Å²) in [6.07, 6.45) is 5.52. The number of fused-ring (bicyclic) bond motifs is 1. The van der Waals surface area contributed by atoms with E-state index in [0.29, 0.717) is 28.0 Å². The third kappa shape index (κ3) is 3.58. The van der Waals surface area contributed by atoms with E-state index in [1.165, 1.54) is 18.4 Å². The number of nitrogens with zero attached hydrogens (tertiary/aromatic N) is 2. The maximum absolute atomic E-state index is 13.2. The van der Waals surface area contributed by atoms with Crippen LogP contribution in [0.1, 0.15) is 68.7 Å². The first-order chi connectivity index (χ1) is 14.5. The first-order valence-corrected chi connectivity index (χ1v) is 10.4. The fraction of sp³-hybridized carbons (Fsp3) is 0.375. The van der Waals surface area contributed by atoms with Gasteiger partial charge in [-0.3, -0.25) is 19.3 Å². The number of methoxy groups -OCH3 is 1. The van der Waals surface area contributed by atoms with Gasteiger partial charge in [-0.15, -0.1) is 0 Å². The molecule has 3 amide bonds. The Hall–Kier alpha value is -3.15. The lowest BCUT2D eigenvalue weighted by Crippen LogP contribution is -2.38. The number of benzene rings is 2. The Morgan fingerprint density at radius 2 is 1.67 bits per heavy atom. The highest BCUT2D eigenvalue weighted by Gasteiger charge is 2.35. The van der Waals surface area contributed by atoms with E-state index < -0.39 is 0 Å². The summed E-state index contributed by atoms with van der Waals surface area (Å²) < 4.78 is 5.43. The second-order valence-corrected chi connectivity index (χ2v) is 7.98. The van der Waals surface area contributed by atoms with Gasteiger partial charge >= 0.3 is 0 Å². The van der Waals surface area contributed by atoms with Crippen LogP contribution in [0.2, 0.25) is 0 Å². The molecule has 0 bridgehead atoms. The van der Waals surface area contributed by atoms with Gasteiger partial charge in [-0.1, -0.05) is 37.5 Å². The van der Waals surface area contributed by atoms with E-state index in [1.807, 2.05) is 11.9 Å². The predicted molar refractivity (Wildman–Crippen MR) is 113 cm³/mol. The van der Waals surface area contributed by atoms with Crippen molar-refractivity contribution in [3.8, 4) is 5.75 Å². The Kier molecular flexibility index (Phi) is 5.57. The van der Waals surface area contributed by atoms with Crippen LogP contribution in [0.3, 0.4) is 0 Å². The fourth-order valence-electron chi connectivity index (χ4n) is 4.41. The Morgan fingerprint density at radius 1 is 1.03 bits per heavy atom. The largest absolute Gasteiger partial charge is 0.496 e. The van der Waals surface area contributed by atoms with Crippen LogP contribution in [0.5, 0.6) is 5.75 Å². The fourth-order valence-corrected chi connectivity index (χ4v) is 4.41. The molecular weight excluding hydrogens is 380 g/mol. The molecule has 156 valence electrons. The molecule has 0 spiro atoms. The molecule has 4 rings (SSSR count). The lowest BCUT2D eigenvalue weighted by atomic mass is 9.94. The summed E-state index contributed by atoms with van der Waals surface area (Å²) in [5, 5.41) is 0. The molecule has 2 aromatic rings. The first-order valence-electron chi connectivity index (χ1n) is 10.4. The summed E-state index contributed by atoms with van der Waals surface area (Å²) in [5.41, 5.74) is 2.01. The number of carbonyl (C=O) groups excluding carboxylic acids is 3. The molecule has 1 aliphatic carbocycles. The first kappa shape index (κ1) is 20.1. The van der Waals surface area contributed by atoms with E-state index >= 15 is 0 Å². The van der Waals surface area contributed by atoms with Gasteiger partial charge in [0, 0.05) is 13.1 Å². The van der Waals surface area contributed by atoms with E-state index in [2.05, 4.69) is 0 Å². The summed E-state index contributed by atoms with van der Waals surface area (Å²) in [6, 6.07) is 12.3. The second kappa shape index (κ2) is 8.30. The molecule has 1 saturated carbocycles. The van der Waals surface area contributed by atoms with Crippen LogP contribution in [0.15, 0.2) is 42.5 Å². The van der Waals surface area contributed by atoms with Gasteiger partial charge in [-0.25, -0.2) is 0 Å². The van der Waals surface area contributed by atoms with E-state index in [-0.39, 0.29) is 30.3 Å². The van der Waals surface area contributed by atoms with Crippen molar-refractivity contribution >= 4 is 17.7 Å². The summed E-state index contributed by atoms with van der Waals surface area (Å²) in [6.45, 7) is 0.115. The zero-order valence-electron chi connectivity index (χ0n) is 17.4. The van der Waals surface area contributed by atoms with Crippen molar-refractivity contribution in [2.45, 2.75) is 44.7 Å². The summed E-state index contributed by atoms with van der Waals surface area (Å²) >= 11 is 0. The SMILES string of the molecule is COc1ccc(CN2C(=O)c3ccccc3C2=O)cc1C(=O)N(C)C1CCCCC1. The Labute approximate surface area is 176 Å². The number of amides is 3. The molecule has 0 aromatic heterocycles. The molecule has 6 heteroatoms. The predicted octanol–water partition coefficient (Wildman–Crippen LogP) is 3.90. The highest BCUT2D eigenvalue weighted by Crippen LogP contribution is 2.29. The minimum absolute atomic E-state index is 0.0945. The van der Waals surface area contributed by atoms with Gasteiger partial charge in [-0.2, -0.15) is 0 Å². The van der Waals surface area contributed by atoms with Gasteiger partial charge in [0.2, 0.25) is 0 Å². The van der Waals surface area contributed by atoms with Gasteiger partial charge < -0.3 is 9.64 Å². The summed E-state index contributed by atoms with van der Waals surface area (Å²) in [7, 11) is 3.38. The van der Waals surface area contributed by atoms with Gasteiger partial charge in [0.05, 0.1) is 30.3 Å². The van der Waals surface area contributed by atoms with E-state index in [4.69, 9.17) is 4.74 Å². The second-order valence-electron chi connectivity index (χ2n) is 7.98. The maximum Gasteiger partial charge on any atom is 0.261 e. The molecule has 6 nitrogen and oxygen atoms in total. The molecule has 1 heterocycles. The van der Waals surface area contributed by atoms with Crippen molar-refractivity contribution < 1.29 is 19.1 Å². The number of rotatable bonds is 5. The van der Waals surface area contributed by atoms with Crippen LogP contribution >= 0.6 is 0 Å². The minimum atomic E-state index is -0.307. The lowest BCUT2D eigenvalue weighted by Gasteiger charge is -2.31. The van der Waals surface area contributed by atoms with Crippen molar-refractivity contribution in [3.05, 3.63) is 64.7 Å². The zero-order valence-corrected chi connectivity index (χ0v) is 17.4. The Balaban J connectivity index is 1.58. The highest BCUT2D eigenvalue weighted by molar-refractivity contribution is 6.21. The molecule has 1 fully saturated rings. The number of ether oxygens (including phenoxy) is 1. The maximum atomic E-state index is 13.2. The van der Waals surface area contributed by atoms with Crippen LogP contribution in [0.25, 0.3) is 0 Å². The summed E-state index contributed by atoms with van der Waals surface area (Å²) in [4.78, 5) is 41.6. The van der Waals surface area contributed by atoms with Crippen LogP contribution in [-0.2, 0) is 6.54 Å². The van der Waals surface area contributed by atoms with Crippen molar-refractivity contribution in [3.63, 3.8) is 0 Å². The molecule has 0 atom stereocenters. The molecule has 0 radical (unpaired) electrons. The highest BCUT2D eigenvalue weighted by atomic mass is 16.5. The van der Waals surface area contributed by atoms with E-state index in [1.54, 1.807) is 42.5 Å². The molecule has 0 saturated heterocycles. The average molecular weight is 406 g/mol. The lowest BCUT2D eigenvalue weighted by molar-refractivity contribution is 0.0641. The average Bonchev–Trinajstić information content (AvgIpc) is 3.03. The monoisotopic (exact) mass is 406 g/mol. The molecule has 2 aromatic carbocycles. The normalized spacial score (nSPS) is 16.5. The number of hydrogen-bond acceptors (Lipinski definition) is 4. The number of imide groups is 1. The topological polar surface area (TPSA) is 66.9 Å². The third-order valence-electron chi connectivity index (χ3n) is 6.16. The molecule has 0 N–H and O–H groups in total. The van der Waals surface area contributed by atoms with Gasteiger partial charge in [0.25, 0.3) is 17.7 Å². The van der Waals surface area contributed by atoms with Crippen LogP contribution < -0.4 is 4.74 Å². The van der Waals surface area contributed by atoms with Crippen molar-refractivity contribution in [2.75, 3.05) is 14.2 Å². The zero-order chi connectivity index (χ0) is 21.3. The minimum Gasteiger partial charge on any atom is -0.496 e. The quantitative estimate of drug-likeness (QED) is 0.707. The third-order valence-corrected chi connectivity index (χ3v) is 6.16. The number of carbonyl (C=O) groups is 3. The van der Waals surface area contributed by atoms with Crippen molar-refractivity contribution in [1.29, 1.82) is 0 Å². The molecule has 0 unspecified atom stereocenters. The molecule has 2 aliphatic rings. The molecular formula is C24H26N2O4. The Bertz CT molecular complexity index is 959. The Morgan fingerprint density at radius 3 is 2.27 bits per heavy atom.